The van der Waals surface area contributed by atoms with Gasteiger partial charge in [0.1, 0.15) is 0 Å². The number of nitrogens with zero attached hydrogens (tertiary/aromatic N) is 3. The van der Waals surface area contributed by atoms with E-state index in [-0.39, 0.29) is 6.61 Å². The van der Waals surface area contributed by atoms with E-state index in [1.165, 1.54) is 25.7 Å². The normalized spacial score (nSPS) is 18.9. The summed E-state index contributed by atoms with van der Waals surface area (Å²) >= 11 is 0. The first kappa shape index (κ1) is 13.3. The van der Waals surface area contributed by atoms with Crippen LogP contribution in [-0.2, 0) is 6.61 Å². The number of hydrogen-bond donors (Lipinski definition) is 1. The van der Waals surface area contributed by atoms with Gasteiger partial charge in [-0.2, -0.15) is 5.10 Å². The summed E-state index contributed by atoms with van der Waals surface area (Å²) in [6, 6.07) is 3.81. The maximum atomic E-state index is 8.96. The fourth-order valence-corrected chi connectivity index (χ4v) is 2.77. The second kappa shape index (κ2) is 5.65. The molecule has 1 aromatic rings. The predicted octanol–water partition coefficient (Wildman–Crippen LogP) is 2.38. The van der Waals surface area contributed by atoms with Gasteiger partial charge in [0, 0.05) is 13.1 Å². The molecule has 4 heteroatoms. The number of aliphatic hydroxyl groups is 1. The summed E-state index contributed by atoms with van der Waals surface area (Å²) in [5.41, 5.74) is 1.17. The Balaban J connectivity index is 2.00. The third-order valence-corrected chi connectivity index (χ3v) is 4.52. The van der Waals surface area contributed by atoms with Gasteiger partial charge >= 0.3 is 0 Å². The minimum Gasteiger partial charge on any atom is -0.390 e. The molecular formula is C14H23N3O. The quantitative estimate of drug-likeness (QED) is 0.890. The molecule has 1 N–H and O–H groups in total. The molecule has 2 rings (SSSR count). The van der Waals surface area contributed by atoms with Crippen molar-refractivity contribution in [1.82, 2.24) is 10.2 Å². The molecule has 0 aliphatic carbocycles. The molecule has 0 saturated carbocycles. The highest BCUT2D eigenvalue weighted by molar-refractivity contribution is 5.37. The largest absolute Gasteiger partial charge is 0.390 e. The number of piperidine rings is 1. The molecule has 2 heterocycles. The van der Waals surface area contributed by atoms with Crippen LogP contribution in [0.15, 0.2) is 12.1 Å². The zero-order chi connectivity index (χ0) is 13.0. The Labute approximate surface area is 109 Å². The monoisotopic (exact) mass is 249 g/mol. The molecule has 0 unspecified atom stereocenters. The number of hydrogen-bond acceptors (Lipinski definition) is 4. The van der Waals surface area contributed by atoms with Crippen molar-refractivity contribution in [2.75, 3.05) is 18.0 Å². The van der Waals surface area contributed by atoms with Crippen LogP contribution in [0.2, 0.25) is 0 Å². The molecule has 4 nitrogen and oxygen atoms in total. The lowest BCUT2D eigenvalue weighted by atomic mass is 9.74. The van der Waals surface area contributed by atoms with Crippen molar-refractivity contribution in [2.24, 2.45) is 5.41 Å². The minimum absolute atomic E-state index is 0.0396. The highest BCUT2D eigenvalue weighted by Gasteiger charge is 2.31. The van der Waals surface area contributed by atoms with E-state index in [1.54, 1.807) is 0 Å². The summed E-state index contributed by atoms with van der Waals surface area (Å²) in [7, 11) is 0. The summed E-state index contributed by atoms with van der Waals surface area (Å²) in [6.07, 6.45) is 5.02. The third kappa shape index (κ3) is 2.64. The van der Waals surface area contributed by atoms with Gasteiger partial charge in [0.2, 0.25) is 0 Å². The van der Waals surface area contributed by atoms with Crippen molar-refractivity contribution < 1.29 is 5.11 Å². The van der Waals surface area contributed by atoms with E-state index in [0.29, 0.717) is 11.1 Å². The SMILES string of the molecule is CCC1(CC)CCN(c2ccc(CO)nn2)CC1. The van der Waals surface area contributed by atoms with Gasteiger partial charge in [-0.05, 0) is 30.4 Å². The van der Waals surface area contributed by atoms with Crippen molar-refractivity contribution in [2.45, 2.75) is 46.1 Å². The van der Waals surface area contributed by atoms with Gasteiger partial charge in [0.05, 0.1) is 12.3 Å². The topological polar surface area (TPSA) is 49.2 Å². The summed E-state index contributed by atoms with van der Waals surface area (Å²) in [6.45, 7) is 6.69. The first-order valence-corrected chi connectivity index (χ1v) is 6.91. The van der Waals surface area contributed by atoms with Crippen LogP contribution < -0.4 is 4.90 Å². The highest BCUT2D eigenvalue weighted by Crippen LogP contribution is 2.38. The van der Waals surface area contributed by atoms with Crippen LogP contribution in [0.5, 0.6) is 0 Å². The predicted molar refractivity (Wildman–Crippen MR) is 72.4 cm³/mol. The zero-order valence-corrected chi connectivity index (χ0v) is 11.4. The standard InChI is InChI=1S/C14H23N3O/c1-3-14(4-2)7-9-17(10-8-14)13-6-5-12(11-18)15-16-13/h5-6,18H,3-4,7-11H2,1-2H3. The second-order valence-electron chi connectivity index (χ2n) is 5.24. The number of aliphatic hydroxyl groups excluding tert-OH is 1. The van der Waals surface area contributed by atoms with Crippen molar-refractivity contribution in [1.29, 1.82) is 0 Å². The Bertz CT molecular complexity index is 363. The van der Waals surface area contributed by atoms with Gasteiger partial charge in [-0.1, -0.05) is 26.7 Å². The van der Waals surface area contributed by atoms with Crippen molar-refractivity contribution in [3.63, 3.8) is 0 Å². The zero-order valence-electron chi connectivity index (χ0n) is 11.4. The van der Waals surface area contributed by atoms with Gasteiger partial charge in [0.25, 0.3) is 0 Å². The second-order valence-corrected chi connectivity index (χ2v) is 5.24. The summed E-state index contributed by atoms with van der Waals surface area (Å²) in [4.78, 5) is 2.30. The lowest BCUT2D eigenvalue weighted by Gasteiger charge is -2.41. The van der Waals surface area contributed by atoms with Gasteiger partial charge < -0.3 is 10.0 Å². The number of anilines is 1. The van der Waals surface area contributed by atoms with Crippen molar-refractivity contribution in [3.05, 3.63) is 17.8 Å². The molecule has 0 aromatic carbocycles. The van der Waals surface area contributed by atoms with Crippen LogP contribution in [0.4, 0.5) is 5.82 Å². The molecule has 18 heavy (non-hydrogen) atoms. The Kier molecular flexibility index (Phi) is 4.17. The van der Waals surface area contributed by atoms with Gasteiger partial charge in [-0.3, -0.25) is 0 Å². The average Bonchev–Trinajstić information content (AvgIpc) is 2.47. The summed E-state index contributed by atoms with van der Waals surface area (Å²) < 4.78 is 0. The lowest BCUT2D eigenvalue weighted by molar-refractivity contribution is 0.199. The van der Waals surface area contributed by atoms with E-state index in [9.17, 15) is 0 Å². The van der Waals surface area contributed by atoms with E-state index >= 15 is 0 Å². The van der Waals surface area contributed by atoms with Crippen LogP contribution in [-0.4, -0.2) is 28.4 Å². The number of aromatic nitrogens is 2. The molecular weight excluding hydrogens is 226 g/mol. The molecule has 0 bridgehead atoms. The van der Waals surface area contributed by atoms with Crippen LogP contribution in [0, 0.1) is 5.41 Å². The first-order chi connectivity index (χ1) is 8.73. The van der Waals surface area contributed by atoms with Gasteiger partial charge in [-0.15, -0.1) is 5.10 Å². The summed E-state index contributed by atoms with van der Waals surface area (Å²) in [5, 5.41) is 17.2. The molecule has 1 aliphatic rings. The van der Waals surface area contributed by atoms with E-state index in [1.807, 2.05) is 12.1 Å². The van der Waals surface area contributed by atoms with Crippen LogP contribution in [0.3, 0.4) is 0 Å². The van der Waals surface area contributed by atoms with E-state index in [4.69, 9.17) is 5.11 Å². The Morgan fingerprint density at radius 3 is 2.28 bits per heavy atom. The molecule has 100 valence electrons. The van der Waals surface area contributed by atoms with Crippen LogP contribution in [0.1, 0.15) is 45.2 Å². The molecule has 1 saturated heterocycles. The fraction of sp³-hybridized carbons (Fsp3) is 0.714. The maximum Gasteiger partial charge on any atom is 0.151 e. The van der Waals surface area contributed by atoms with E-state index in [0.717, 1.165) is 18.9 Å². The summed E-state index contributed by atoms with van der Waals surface area (Å²) in [5.74, 6) is 0.938. The van der Waals surface area contributed by atoms with Crippen LogP contribution in [0.25, 0.3) is 0 Å². The van der Waals surface area contributed by atoms with Gasteiger partial charge in [0.15, 0.2) is 5.82 Å². The Hall–Kier alpha value is -1.16. The van der Waals surface area contributed by atoms with Crippen molar-refractivity contribution >= 4 is 5.82 Å². The molecule has 1 aliphatic heterocycles. The molecule has 0 amide bonds. The lowest BCUT2D eigenvalue weighted by Crippen LogP contribution is -2.40. The van der Waals surface area contributed by atoms with E-state index in [2.05, 4.69) is 28.9 Å². The molecule has 0 atom stereocenters. The third-order valence-electron chi connectivity index (χ3n) is 4.52. The molecule has 1 aromatic heterocycles. The highest BCUT2D eigenvalue weighted by atomic mass is 16.3. The first-order valence-electron chi connectivity index (χ1n) is 6.91. The maximum absolute atomic E-state index is 8.96. The van der Waals surface area contributed by atoms with Gasteiger partial charge in [-0.25, -0.2) is 0 Å². The molecule has 0 radical (unpaired) electrons. The molecule has 0 spiro atoms. The fourth-order valence-electron chi connectivity index (χ4n) is 2.77. The Morgan fingerprint density at radius 1 is 1.17 bits per heavy atom. The van der Waals surface area contributed by atoms with Crippen LogP contribution >= 0.6 is 0 Å². The minimum atomic E-state index is -0.0396. The molecule has 1 fully saturated rings. The Morgan fingerprint density at radius 2 is 1.83 bits per heavy atom. The smallest absolute Gasteiger partial charge is 0.151 e. The average molecular weight is 249 g/mol. The number of rotatable bonds is 4. The van der Waals surface area contributed by atoms with Crippen molar-refractivity contribution in [3.8, 4) is 0 Å². The van der Waals surface area contributed by atoms with E-state index < -0.39 is 0 Å².